The Kier molecular flexibility index (Phi) is 4.08. The van der Waals surface area contributed by atoms with Crippen LogP contribution in [0.4, 0.5) is 0 Å². The zero-order valence-corrected chi connectivity index (χ0v) is 8.77. The van der Waals surface area contributed by atoms with E-state index in [-0.39, 0.29) is 5.57 Å². The maximum Gasteiger partial charge on any atom is 0.0980 e. The van der Waals surface area contributed by atoms with Crippen molar-refractivity contribution in [2.75, 3.05) is 0 Å². The van der Waals surface area contributed by atoms with Crippen LogP contribution in [0.5, 0.6) is 0 Å². The van der Waals surface area contributed by atoms with Crippen LogP contribution in [0.2, 0.25) is 0 Å². The van der Waals surface area contributed by atoms with Crippen molar-refractivity contribution in [2.45, 2.75) is 25.7 Å². The van der Waals surface area contributed by atoms with Crippen LogP contribution >= 0.6 is 0 Å². The van der Waals surface area contributed by atoms with Gasteiger partial charge in [0.2, 0.25) is 0 Å². The van der Waals surface area contributed by atoms with Crippen molar-refractivity contribution in [1.82, 2.24) is 0 Å². The van der Waals surface area contributed by atoms with Crippen molar-refractivity contribution in [3.8, 4) is 24.3 Å². The van der Waals surface area contributed by atoms with Gasteiger partial charge in [-0.1, -0.05) is 6.42 Å². The van der Waals surface area contributed by atoms with E-state index in [2.05, 4.69) is 6.07 Å². The van der Waals surface area contributed by atoms with Gasteiger partial charge in [-0.3, -0.25) is 0 Å². The van der Waals surface area contributed by atoms with Gasteiger partial charge in [-0.15, -0.1) is 0 Å². The molecule has 0 saturated heterocycles. The first-order valence-corrected chi connectivity index (χ1v) is 5.11. The number of hydrogen-bond acceptors (Lipinski definition) is 4. The Hall–Kier alpha value is -2.30. The number of allylic oxidation sites excluding steroid dienone is 2. The van der Waals surface area contributed by atoms with Gasteiger partial charge in [0.05, 0.1) is 41.7 Å². The van der Waals surface area contributed by atoms with Gasteiger partial charge >= 0.3 is 0 Å². The fraction of sp³-hybridized carbons (Fsp3) is 0.500. The Morgan fingerprint density at radius 2 is 1.69 bits per heavy atom. The van der Waals surface area contributed by atoms with E-state index in [1.807, 2.05) is 18.2 Å². The Bertz CT molecular complexity index is 461. The molecule has 4 heteroatoms. The highest BCUT2D eigenvalue weighted by atomic mass is 14.4. The van der Waals surface area contributed by atoms with Crippen LogP contribution in [-0.2, 0) is 0 Å². The summed E-state index contributed by atoms with van der Waals surface area (Å²) < 4.78 is 0. The molecule has 0 fully saturated rings. The summed E-state index contributed by atoms with van der Waals surface area (Å²) in [5, 5.41) is 35.9. The molecule has 0 heterocycles. The molecule has 4 nitrogen and oxygen atoms in total. The summed E-state index contributed by atoms with van der Waals surface area (Å²) in [7, 11) is 0. The van der Waals surface area contributed by atoms with Gasteiger partial charge < -0.3 is 0 Å². The second-order valence-electron chi connectivity index (χ2n) is 3.70. The predicted molar refractivity (Wildman–Crippen MR) is 54.9 cm³/mol. The maximum atomic E-state index is 9.03. The molecule has 0 aliphatic heterocycles. The van der Waals surface area contributed by atoms with Crippen molar-refractivity contribution in [3.63, 3.8) is 0 Å². The van der Waals surface area contributed by atoms with E-state index in [0.717, 1.165) is 12.8 Å². The third kappa shape index (κ3) is 2.20. The third-order valence-electron chi connectivity index (χ3n) is 2.79. The fourth-order valence-corrected chi connectivity index (χ4v) is 1.90. The molecular formula is C12H10N4. The third-order valence-corrected chi connectivity index (χ3v) is 2.79. The molecule has 16 heavy (non-hydrogen) atoms. The topological polar surface area (TPSA) is 95.2 Å². The lowest BCUT2D eigenvalue weighted by molar-refractivity contribution is 0.476. The molecule has 0 bridgehead atoms. The quantitative estimate of drug-likeness (QED) is 0.612. The molecule has 0 aromatic heterocycles. The van der Waals surface area contributed by atoms with E-state index in [1.54, 1.807) is 0 Å². The lowest BCUT2D eigenvalue weighted by atomic mass is 9.80. The first-order valence-electron chi connectivity index (χ1n) is 5.11. The molecular weight excluding hydrogens is 200 g/mol. The van der Waals surface area contributed by atoms with Gasteiger partial charge in [0, 0.05) is 5.57 Å². The summed E-state index contributed by atoms with van der Waals surface area (Å²) in [6.45, 7) is 0. The summed E-state index contributed by atoms with van der Waals surface area (Å²) in [6.07, 6.45) is 2.78. The molecule has 2 unspecified atom stereocenters. The van der Waals surface area contributed by atoms with E-state index in [0.29, 0.717) is 18.4 Å². The smallest absolute Gasteiger partial charge is 0.0980 e. The average Bonchev–Trinajstić information content (AvgIpc) is 2.30. The second kappa shape index (κ2) is 5.55. The molecule has 1 aliphatic rings. The fourth-order valence-electron chi connectivity index (χ4n) is 1.90. The van der Waals surface area contributed by atoms with E-state index >= 15 is 0 Å². The summed E-state index contributed by atoms with van der Waals surface area (Å²) in [5.74, 6) is -1.21. The Labute approximate surface area is 94.6 Å². The number of hydrogen-bond donors (Lipinski definition) is 0. The van der Waals surface area contributed by atoms with Crippen molar-refractivity contribution >= 4 is 0 Å². The van der Waals surface area contributed by atoms with Crippen molar-refractivity contribution < 1.29 is 0 Å². The monoisotopic (exact) mass is 210 g/mol. The van der Waals surface area contributed by atoms with Crippen molar-refractivity contribution in [2.24, 2.45) is 11.8 Å². The lowest BCUT2D eigenvalue weighted by Crippen LogP contribution is -2.17. The molecule has 0 radical (unpaired) electrons. The van der Waals surface area contributed by atoms with E-state index < -0.39 is 11.8 Å². The minimum absolute atomic E-state index is 0.191. The zero-order chi connectivity index (χ0) is 12.0. The molecule has 0 aromatic carbocycles. The van der Waals surface area contributed by atoms with Gasteiger partial charge in [0.1, 0.15) is 0 Å². The number of nitriles is 4. The molecule has 0 N–H and O–H groups in total. The average molecular weight is 210 g/mol. The summed E-state index contributed by atoms with van der Waals surface area (Å²) >= 11 is 0. The Morgan fingerprint density at radius 3 is 2.19 bits per heavy atom. The summed E-state index contributed by atoms with van der Waals surface area (Å²) in [5.41, 5.74) is 0.560. The number of nitrogens with zero attached hydrogens (tertiary/aromatic N) is 4. The Morgan fingerprint density at radius 1 is 0.938 bits per heavy atom. The van der Waals surface area contributed by atoms with Gasteiger partial charge in [-0.25, -0.2) is 0 Å². The summed E-state index contributed by atoms with van der Waals surface area (Å²) in [6, 6.07) is 7.95. The van der Waals surface area contributed by atoms with Crippen molar-refractivity contribution in [1.29, 1.82) is 21.0 Å². The van der Waals surface area contributed by atoms with E-state index in [9.17, 15) is 0 Å². The van der Waals surface area contributed by atoms with Crippen molar-refractivity contribution in [3.05, 3.63) is 11.1 Å². The van der Waals surface area contributed by atoms with Gasteiger partial charge in [-0.05, 0) is 19.3 Å². The maximum absolute atomic E-state index is 9.03. The van der Waals surface area contributed by atoms with Crippen LogP contribution in [0.15, 0.2) is 11.1 Å². The lowest BCUT2D eigenvalue weighted by Gasteiger charge is -2.18. The van der Waals surface area contributed by atoms with Gasteiger partial charge in [0.25, 0.3) is 0 Å². The highest BCUT2D eigenvalue weighted by Gasteiger charge is 2.29. The normalized spacial score (nSPS) is 25.2. The first-order chi connectivity index (χ1) is 7.78. The van der Waals surface area contributed by atoms with Crippen LogP contribution in [0.1, 0.15) is 25.7 Å². The highest BCUT2D eigenvalue weighted by Crippen LogP contribution is 2.31. The molecule has 0 spiro atoms. The first kappa shape index (κ1) is 11.8. The molecule has 1 rings (SSSR count). The SMILES string of the molecule is N#CC1=C(C#N)C(C#N)C(C#N)CCCC1. The summed E-state index contributed by atoms with van der Waals surface area (Å²) in [4.78, 5) is 0. The standard InChI is InChI=1S/C12H10N4/c13-5-9-3-1-2-4-10(6-14)12(8-16)11(9)7-15/h9,11H,1-4H2. The predicted octanol–water partition coefficient (Wildman–Crippen LogP) is 2.18. The van der Waals surface area contributed by atoms with Gasteiger partial charge in [-0.2, -0.15) is 21.0 Å². The highest BCUT2D eigenvalue weighted by molar-refractivity contribution is 5.42. The van der Waals surface area contributed by atoms with Crippen LogP contribution < -0.4 is 0 Å². The van der Waals surface area contributed by atoms with E-state index in [4.69, 9.17) is 21.0 Å². The minimum Gasteiger partial charge on any atom is -0.198 e. The van der Waals surface area contributed by atoms with Gasteiger partial charge in [0.15, 0.2) is 0 Å². The molecule has 1 aliphatic carbocycles. The second-order valence-corrected chi connectivity index (χ2v) is 3.70. The molecule has 0 amide bonds. The van der Waals surface area contributed by atoms with Crippen LogP contribution in [0, 0.1) is 57.2 Å². The minimum atomic E-state index is -0.745. The molecule has 0 aromatic rings. The van der Waals surface area contributed by atoms with Crippen LogP contribution in [0.25, 0.3) is 0 Å². The molecule has 78 valence electrons. The molecule has 2 atom stereocenters. The molecule has 0 saturated carbocycles. The Balaban J connectivity index is 3.25. The van der Waals surface area contributed by atoms with Crippen LogP contribution in [-0.4, -0.2) is 0 Å². The number of rotatable bonds is 0. The van der Waals surface area contributed by atoms with E-state index in [1.165, 1.54) is 0 Å². The van der Waals surface area contributed by atoms with Crippen LogP contribution in [0.3, 0.4) is 0 Å². The largest absolute Gasteiger partial charge is 0.198 e. The zero-order valence-electron chi connectivity index (χ0n) is 8.77.